The lowest BCUT2D eigenvalue weighted by atomic mass is 9.98. The topological polar surface area (TPSA) is 38.9 Å². The van der Waals surface area contributed by atoms with Crippen LogP contribution in [0.4, 0.5) is 0 Å². The summed E-state index contributed by atoms with van der Waals surface area (Å²) in [6, 6.07) is 22.9. The molecule has 6 aromatic carbocycles. The van der Waals surface area contributed by atoms with Gasteiger partial charge < -0.3 is 4.42 Å². The Morgan fingerprint density at radius 3 is 2.32 bits per heavy atom. The van der Waals surface area contributed by atoms with Gasteiger partial charge in [0.15, 0.2) is 5.58 Å². The third-order valence-corrected chi connectivity index (χ3v) is 8.99. The van der Waals surface area contributed by atoms with E-state index in [1.165, 1.54) is 26.5 Å². The van der Waals surface area contributed by atoms with Crippen LogP contribution in [0.3, 0.4) is 0 Å². The van der Waals surface area contributed by atoms with Crippen LogP contribution in [-0.4, -0.2) is 9.97 Å². The van der Waals surface area contributed by atoms with Crippen LogP contribution >= 0.6 is 11.3 Å². The summed E-state index contributed by atoms with van der Waals surface area (Å²) in [5, 5.41) is 2.99. The van der Waals surface area contributed by atoms with Gasteiger partial charge in [0, 0.05) is 31.1 Å². The van der Waals surface area contributed by atoms with Crippen LogP contribution in [0.2, 0.25) is 0 Å². The van der Waals surface area contributed by atoms with Crippen LogP contribution in [-0.2, 0) is 0 Å². The third kappa shape index (κ3) is 4.03. The number of hydrogen-bond donors (Lipinski definition) is 0. The zero-order valence-electron chi connectivity index (χ0n) is 31.9. The van der Waals surface area contributed by atoms with Gasteiger partial charge in [0.25, 0.3) is 0 Å². The minimum absolute atomic E-state index is 0.0264. The van der Waals surface area contributed by atoms with Crippen molar-refractivity contribution in [1.29, 1.82) is 0 Å². The van der Waals surface area contributed by atoms with Crippen molar-refractivity contribution in [3.63, 3.8) is 0 Å². The molecule has 0 saturated carbocycles. The zero-order valence-corrected chi connectivity index (χ0v) is 23.7. The van der Waals surface area contributed by atoms with Gasteiger partial charge >= 0.3 is 0 Å². The van der Waals surface area contributed by atoms with Gasteiger partial charge in [-0.3, -0.25) is 0 Å². The summed E-state index contributed by atoms with van der Waals surface area (Å²) < 4.78 is 85.1. The van der Waals surface area contributed by atoms with Crippen LogP contribution in [0, 0.1) is 0 Å². The Morgan fingerprint density at radius 1 is 0.591 bits per heavy atom. The maximum absolute atomic E-state index is 9.13. The molecule has 44 heavy (non-hydrogen) atoms. The first kappa shape index (κ1) is 17.5. The van der Waals surface area contributed by atoms with E-state index in [-0.39, 0.29) is 16.7 Å². The highest BCUT2D eigenvalue weighted by Gasteiger charge is 2.17. The van der Waals surface area contributed by atoms with E-state index in [1.807, 2.05) is 18.2 Å². The Kier molecular flexibility index (Phi) is 3.98. The highest BCUT2D eigenvalue weighted by atomic mass is 32.1. The van der Waals surface area contributed by atoms with Crippen molar-refractivity contribution in [3.05, 3.63) is 146 Å². The second kappa shape index (κ2) is 10.0. The Morgan fingerprint density at radius 2 is 1.39 bits per heavy atom. The number of furan rings is 1. The van der Waals surface area contributed by atoms with E-state index in [9.17, 15) is 0 Å². The van der Waals surface area contributed by atoms with Crippen LogP contribution in [0.1, 0.15) is 12.3 Å². The molecule has 3 nitrogen and oxygen atoms in total. The predicted molar refractivity (Wildman–Crippen MR) is 184 cm³/mol. The van der Waals surface area contributed by atoms with Crippen molar-refractivity contribution < 1.29 is 16.8 Å². The van der Waals surface area contributed by atoms with Crippen LogP contribution in [0.15, 0.2) is 150 Å². The Hall–Kier alpha value is -5.58. The molecule has 0 aliphatic rings. The van der Waals surface area contributed by atoms with Crippen molar-refractivity contribution in [1.82, 2.24) is 9.97 Å². The Balaban J connectivity index is 1.20. The van der Waals surface area contributed by atoms with E-state index in [4.69, 9.17) is 16.8 Å². The summed E-state index contributed by atoms with van der Waals surface area (Å²) in [6.45, 7) is 0. The molecule has 4 heteroatoms. The largest absolute Gasteiger partial charge is 0.452 e. The average Bonchev–Trinajstić information content (AvgIpc) is 3.75. The second-order valence-corrected chi connectivity index (χ2v) is 11.4. The lowest BCUT2D eigenvalue weighted by molar-refractivity contribution is 0.667. The molecule has 0 saturated heterocycles. The smallest absolute Gasteiger partial charge is 0.180 e. The number of nitrogens with zero attached hydrogens (tertiary/aromatic N) is 2. The molecule has 0 aliphatic carbocycles. The Bertz CT molecular complexity index is 3000. The van der Waals surface area contributed by atoms with Gasteiger partial charge in [-0.1, -0.05) is 109 Å². The van der Waals surface area contributed by atoms with Crippen LogP contribution < -0.4 is 0 Å². The molecule has 0 bridgehead atoms. The maximum atomic E-state index is 9.13. The van der Waals surface area contributed by atoms with Crippen molar-refractivity contribution >= 4 is 53.6 Å². The lowest BCUT2D eigenvalue weighted by Gasteiger charge is -2.07. The van der Waals surface area contributed by atoms with Gasteiger partial charge in [-0.05, 0) is 63.7 Å². The molecule has 0 aliphatic heterocycles. The summed E-state index contributed by atoms with van der Waals surface area (Å²) in [4.78, 5) is 9.18. The molecule has 9 rings (SSSR count). The van der Waals surface area contributed by atoms with Gasteiger partial charge in [0.1, 0.15) is 23.1 Å². The molecule has 9 aromatic rings. The lowest BCUT2D eigenvalue weighted by Crippen LogP contribution is -1.88. The van der Waals surface area contributed by atoms with E-state index in [2.05, 4.69) is 58.5 Å². The summed E-state index contributed by atoms with van der Waals surface area (Å²) in [6.07, 6.45) is 1.46. The van der Waals surface area contributed by atoms with Gasteiger partial charge in [-0.15, -0.1) is 11.3 Å². The molecule has 0 N–H and O–H groups in total. The first-order valence-corrected chi connectivity index (χ1v) is 14.7. The SMILES string of the molecule is [2H]c1c([2H])c([2H])c(-c2c([2H])c([2H])c([2H])c(-c3ccc4oc5c(-c6cccc(-c7cccc8c7sc7ccccc78)c6)ncnc5c4c3)c2[2H])c([2H])c1[2H]. The molecule has 0 radical (unpaired) electrons. The molecule has 0 spiro atoms. The fourth-order valence-electron chi connectivity index (χ4n) is 5.73. The Labute approximate surface area is 270 Å². The predicted octanol–water partition coefficient (Wildman–Crippen LogP) is 11.4. The van der Waals surface area contributed by atoms with E-state index in [0.29, 0.717) is 33.3 Å². The van der Waals surface area contributed by atoms with Crippen LogP contribution in [0.5, 0.6) is 0 Å². The van der Waals surface area contributed by atoms with Gasteiger partial charge in [-0.2, -0.15) is 0 Å². The summed E-state index contributed by atoms with van der Waals surface area (Å²) >= 11 is 1.76. The first-order valence-electron chi connectivity index (χ1n) is 18.4. The van der Waals surface area contributed by atoms with Crippen LogP contribution in [0.25, 0.3) is 86.9 Å². The number of thiophene rings is 1. The fourth-order valence-corrected chi connectivity index (χ4v) is 6.97. The molecular formula is C40H24N2OS. The molecule has 3 heterocycles. The number of rotatable bonds is 4. The van der Waals surface area contributed by atoms with Crippen molar-refractivity contribution in [2.45, 2.75) is 0 Å². The second-order valence-electron chi connectivity index (χ2n) is 10.3. The van der Waals surface area contributed by atoms with Gasteiger partial charge in [0.05, 0.1) is 12.3 Å². The van der Waals surface area contributed by atoms with Crippen molar-refractivity contribution in [2.24, 2.45) is 0 Å². The van der Waals surface area contributed by atoms with Crippen molar-refractivity contribution in [3.8, 4) is 44.6 Å². The number of benzene rings is 6. The quantitative estimate of drug-likeness (QED) is 0.205. The summed E-state index contributed by atoms with van der Waals surface area (Å²) in [5.74, 6) is 0. The monoisotopic (exact) mass is 589 g/mol. The van der Waals surface area contributed by atoms with Crippen molar-refractivity contribution in [2.75, 3.05) is 0 Å². The molecule has 206 valence electrons. The highest BCUT2D eigenvalue weighted by Crippen LogP contribution is 2.41. The summed E-state index contributed by atoms with van der Waals surface area (Å²) in [7, 11) is 0. The molecule has 3 aromatic heterocycles. The zero-order chi connectivity index (χ0) is 36.9. The molecule has 0 atom stereocenters. The third-order valence-electron chi connectivity index (χ3n) is 7.77. The normalized spacial score (nSPS) is 14.5. The fraction of sp³-hybridized carbons (Fsp3) is 0. The minimum Gasteiger partial charge on any atom is -0.452 e. The number of aromatic nitrogens is 2. The van der Waals surface area contributed by atoms with Gasteiger partial charge in [0.2, 0.25) is 0 Å². The minimum atomic E-state index is -0.618. The first-order chi connectivity index (χ1) is 25.5. The van der Waals surface area contributed by atoms with E-state index in [1.54, 1.807) is 29.5 Å². The summed E-state index contributed by atoms with van der Waals surface area (Å²) in [5.41, 5.74) is 4.59. The average molecular weight is 590 g/mol. The number of hydrogen-bond acceptors (Lipinski definition) is 4. The van der Waals surface area contributed by atoms with E-state index in [0.717, 1.165) is 16.7 Å². The van der Waals surface area contributed by atoms with E-state index < -0.39 is 54.4 Å². The van der Waals surface area contributed by atoms with Gasteiger partial charge in [-0.25, -0.2) is 9.97 Å². The standard InChI is InChI=1S/C40H24N2OS/c1-2-9-25(10-3-1)26-11-6-12-27(21-26)28-19-20-35-34(23-28)38-39(43-35)37(41-24-42-38)30-14-7-13-29(22-30)31-16-8-17-33-32-15-4-5-18-36(32)44-40(31)33/h1-24H/i1D,2D,3D,6D,9D,10D,11D,12D,21D. The number of fused-ring (bicyclic) bond motifs is 6. The molecule has 0 unspecified atom stereocenters. The molecular weight excluding hydrogens is 557 g/mol. The maximum Gasteiger partial charge on any atom is 0.180 e. The van der Waals surface area contributed by atoms with E-state index >= 15 is 0 Å². The molecule has 0 amide bonds. The highest BCUT2D eigenvalue weighted by molar-refractivity contribution is 7.26. The molecule has 0 fully saturated rings.